The molecule has 0 radical (unpaired) electrons. The number of unbranched alkanes of at least 4 members (excludes halogenated alkanes) is 2. The van der Waals surface area contributed by atoms with Crippen LogP contribution < -0.4 is 5.73 Å². The van der Waals surface area contributed by atoms with Crippen molar-refractivity contribution in [3.8, 4) is 0 Å². The highest BCUT2D eigenvalue weighted by Crippen LogP contribution is 2.06. The summed E-state index contributed by atoms with van der Waals surface area (Å²) in [6.45, 7) is 6.91. The van der Waals surface area contributed by atoms with Crippen LogP contribution in [0.5, 0.6) is 0 Å². The second kappa shape index (κ2) is 9.42. The van der Waals surface area contributed by atoms with E-state index < -0.39 is 0 Å². The van der Waals surface area contributed by atoms with Crippen LogP contribution in [0, 0.1) is 0 Å². The van der Waals surface area contributed by atoms with Gasteiger partial charge in [0.1, 0.15) is 0 Å². The summed E-state index contributed by atoms with van der Waals surface area (Å²) in [4.78, 5) is 6.52. The number of nitrogens with two attached hydrogens (primary N) is 1. The van der Waals surface area contributed by atoms with Crippen LogP contribution >= 0.6 is 0 Å². The third-order valence-electron chi connectivity index (χ3n) is 3.33. The molecule has 0 heterocycles. The van der Waals surface area contributed by atoms with Gasteiger partial charge in [-0.25, -0.2) is 0 Å². The zero-order chi connectivity index (χ0) is 13.9. The molecule has 3 nitrogen and oxygen atoms in total. The summed E-state index contributed by atoms with van der Waals surface area (Å²) in [5.41, 5.74) is 7.35. The Labute approximate surface area is 117 Å². The smallest absolute Gasteiger partial charge is 0.191 e. The van der Waals surface area contributed by atoms with Crippen molar-refractivity contribution in [2.45, 2.75) is 39.5 Å². The van der Waals surface area contributed by atoms with Crippen molar-refractivity contribution in [2.24, 2.45) is 10.7 Å². The Morgan fingerprint density at radius 3 is 2.37 bits per heavy atom. The lowest BCUT2D eigenvalue weighted by molar-refractivity contribution is 0.457. The van der Waals surface area contributed by atoms with E-state index >= 15 is 0 Å². The van der Waals surface area contributed by atoms with E-state index in [0.29, 0.717) is 5.96 Å². The lowest BCUT2D eigenvalue weighted by Crippen LogP contribution is -2.37. The first-order valence-electron chi connectivity index (χ1n) is 7.36. The third-order valence-corrected chi connectivity index (χ3v) is 3.33. The number of hydrogen-bond acceptors (Lipinski definition) is 1. The largest absolute Gasteiger partial charge is 0.370 e. The second-order valence-corrected chi connectivity index (χ2v) is 4.71. The Balaban J connectivity index is 2.12. The summed E-state index contributed by atoms with van der Waals surface area (Å²) in [5.74, 6) is 0.688. The van der Waals surface area contributed by atoms with Crippen LogP contribution in [0.2, 0.25) is 0 Å². The van der Waals surface area contributed by atoms with Gasteiger partial charge in [-0.15, -0.1) is 0 Å². The molecule has 0 aliphatic carbocycles. The molecule has 0 aliphatic rings. The maximum absolute atomic E-state index is 5.92. The van der Waals surface area contributed by atoms with E-state index in [1.165, 1.54) is 18.4 Å². The molecule has 0 unspecified atom stereocenters. The molecular weight excluding hydrogens is 234 g/mol. The van der Waals surface area contributed by atoms with Gasteiger partial charge in [-0.3, -0.25) is 4.99 Å². The molecule has 1 aromatic carbocycles. The highest BCUT2D eigenvalue weighted by molar-refractivity contribution is 5.77. The van der Waals surface area contributed by atoms with Crippen LogP contribution in [0.1, 0.15) is 38.7 Å². The summed E-state index contributed by atoms with van der Waals surface area (Å²) in [7, 11) is 0. The minimum Gasteiger partial charge on any atom is -0.370 e. The number of rotatable bonds is 8. The number of aliphatic imine (C=N–C) groups is 1. The molecule has 1 aromatic rings. The Morgan fingerprint density at radius 1 is 1.05 bits per heavy atom. The van der Waals surface area contributed by atoms with E-state index in [1.54, 1.807) is 0 Å². The number of aryl methyl sites for hydroxylation is 1. The van der Waals surface area contributed by atoms with Gasteiger partial charge in [0.25, 0.3) is 0 Å². The lowest BCUT2D eigenvalue weighted by atomic mass is 10.1. The average Bonchev–Trinajstić information content (AvgIpc) is 2.45. The molecule has 0 saturated heterocycles. The van der Waals surface area contributed by atoms with Crippen molar-refractivity contribution in [3.05, 3.63) is 35.9 Å². The fraction of sp³-hybridized carbons (Fsp3) is 0.562. The van der Waals surface area contributed by atoms with Crippen molar-refractivity contribution >= 4 is 5.96 Å². The van der Waals surface area contributed by atoms with Gasteiger partial charge >= 0.3 is 0 Å². The van der Waals surface area contributed by atoms with E-state index in [2.05, 4.69) is 54.1 Å². The fourth-order valence-corrected chi connectivity index (χ4v) is 2.10. The molecule has 0 atom stereocenters. The van der Waals surface area contributed by atoms with Crippen LogP contribution in [0.15, 0.2) is 35.3 Å². The average molecular weight is 261 g/mol. The normalized spacial score (nSPS) is 11.6. The predicted octanol–water partition coefficient (Wildman–Crippen LogP) is 3.06. The van der Waals surface area contributed by atoms with Gasteiger partial charge in [-0.1, -0.05) is 36.8 Å². The van der Waals surface area contributed by atoms with Crippen molar-refractivity contribution in [1.82, 2.24) is 4.90 Å². The summed E-state index contributed by atoms with van der Waals surface area (Å²) >= 11 is 0. The monoisotopic (exact) mass is 261 g/mol. The van der Waals surface area contributed by atoms with E-state index in [0.717, 1.165) is 32.5 Å². The number of guanidine groups is 1. The molecule has 1 rings (SSSR count). The van der Waals surface area contributed by atoms with Gasteiger partial charge in [-0.05, 0) is 38.7 Å². The van der Waals surface area contributed by atoms with Crippen molar-refractivity contribution in [2.75, 3.05) is 19.6 Å². The Kier molecular flexibility index (Phi) is 7.71. The fourth-order valence-electron chi connectivity index (χ4n) is 2.10. The number of hydrogen-bond donors (Lipinski definition) is 1. The zero-order valence-electron chi connectivity index (χ0n) is 12.3. The SMILES string of the molecule is CCN(CC)C(N)=NCCCCCc1ccccc1. The van der Waals surface area contributed by atoms with Gasteiger partial charge in [0.05, 0.1) is 0 Å². The minimum atomic E-state index is 0.688. The molecule has 0 fully saturated rings. The second-order valence-electron chi connectivity index (χ2n) is 4.71. The summed E-state index contributed by atoms with van der Waals surface area (Å²) in [6, 6.07) is 10.6. The Bertz CT molecular complexity index is 356. The van der Waals surface area contributed by atoms with Crippen molar-refractivity contribution in [1.29, 1.82) is 0 Å². The molecule has 0 aromatic heterocycles. The van der Waals surface area contributed by atoms with Gasteiger partial charge in [0.2, 0.25) is 0 Å². The molecule has 0 saturated carbocycles. The van der Waals surface area contributed by atoms with Gasteiger partial charge in [-0.2, -0.15) is 0 Å². The molecule has 3 heteroatoms. The van der Waals surface area contributed by atoms with Crippen molar-refractivity contribution in [3.63, 3.8) is 0 Å². The Morgan fingerprint density at radius 2 is 1.74 bits per heavy atom. The highest BCUT2D eigenvalue weighted by Gasteiger charge is 2.00. The van der Waals surface area contributed by atoms with Gasteiger partial charge < -0.3 is 10.6 Å². The standard InChI is InChI=1S/C16H27N3/c1-3-19(4-2)16(17)18-14-10-6-9-13-15-11-7-5-8-12-15/h5,7-8,11-12H,3-4,6,9-10,13-14H2,1-2H3,(H2,17,18). The molecule has 19 heavy (non-hydrogen) atoms. The number of benzene rings is 1. The molecular formula is C16H27N3. The molecule has 0 spiro atoms. The lowest BCUT2D eigenvalue weighted by Gasteiger charge is -2.19. The van der Waals surface area contributed by atoms with Crippen molar-refractivity contribution < 1.29 is 0 Å². The van der Waals surface area contributed by atoms with Crippen LogP contribution in [0.3, 0.4) is 0 Å². The minimum absolute atomic E-state index is 0.688. The van der Waals surface area contributed by atoms with Crippen LogP contribution in [0.25, 0.3) is 0 Å². The highest BCUT2D eigenvalue weighted by atomic mass is 15.2. The number of nitrogens with zero attached hydrogens (tertiary/aromatic N) is 2. The van der Waals surface area contributed by atoms with Gasteiger partial charge in [0.15, 0.2) is 5.96 Å². The van der Waals surface area contributed by atoms with Crippen LogP contribution in [-0.4, -0.2) is 30.5 Å². The zero-order valence-corrected chi connectivity index (χ0v) is 12.3. The first-order chi connectivity index (χ1) is 9.27. The Hall–Kier alpha value is -1.51. The summed E-state index contributed by atoms with van der Waals surface area (Å²) in [6.07, 6.45) is 4.72. The maximum Gasteiger partial charge on any atom is 0.191 e. The van der Waals surface area contributed by atoms with E-state index in [9.17, 15) is 0 Å². The molecule has 0 bridgehead atoms. The predicted molar refractivity (Wildman–Crippen MR) is 83.4 cm³/mol. The van der Waals surface area contributed by atoms with Crippen LogP contribution in [-0.2, 0) is 6.42 Å². The molecule has 106 valence electrons. The first-order valence-corrected chi connectivity index (χ1v) is 7.36. The van der Waals surface area contributed by atoms with E-state index in [1.807, 2.05) is 0 Å². The molecule has 2 N–H and O–H groups in total. The summed E-state index contributed by atoms with van der Waals surface area (Å²) in [5, 5.41) is 0. The van der Waals surface area contributed by atoms with Gasteiger partial charge in [0, 0.05) is 19.6 Å². The third kappa shape index (κ3) is 6.27. The van der Waals surface area contributed by atoms with Crippen LogP contribution in [0.4, 0.5) is 0 Å². The quantitative estimate of drug-likeness (QED) is 0.444. The summed E-state index contributed by atoms with van der Waals surface area (Å²) < 4.78 is 0. The topological polar surface area (TPSA) is 41.6 Å². The van der Waals surface area contributed by atoms with E-state index in [4.69, 9.17) is 5.73 Å². The first kappa shape index (κ1) is 15.5. The maximum atomic E-state index is 5.92. The van der Waals surface area contributed by atoms with E-state index in [-0.39, 0.29) is 0 Å². The molecule has 0 amide bonds. The molecule has 0 aliphatic heterocycles.